The van der Waals surface area contributed by atoms with Crippen LogP contribution < -0.4 is 5.32 Å². The van der Waals surface area contributed by atoms with Crippen LogP contribution in [-0.2, 0) is 9.05 Å². The van der Waals surface area contributed by atoms with Gasteiger partial charge in [0, 0.05) is 22.8 Å². The van der Waals surface area contributed by atoms with Crippen molar-refractivity contribution in [1.82, 2.24) is 5.32 Å². The Labute approximate surface area is 111 Å². The van der Waals surface area contributed by atoms with E-state index in [2.05, 4.69) is 5.32 Å². The van der Waals surface area contributed by atoms with Gasteiger partial charge in [0.2, 0.25) is 0 Å². The zero-order valence-electron chi connectivity index (χ0n) is 10.5. The van der Waals surface area contributed by atoms with Crippen LogP contribution in [0.25, 0.3) is 0 Å². The van der Waals surface area contributed by atoms with Crippen molar-refractivity contribution >= 4 is 25.6 Å². The van der Waals surface area contributed by atoms with Crippen LogP contribution in [0.2, 0.25) is 0 Å². The van der Waals surface area contributed by atoms with Gasteiger partial charge in [0.15, 0.2) is 5.76 Å². The van der Waals surface area contributed by atoms with Gasteiger partial charge in [-0.25, -0.2) is 8.42 Å². The number of halogens is 1. The van der Waals surface area contributed by atoms with Crippen LogP contribution in [0.3, 0.4) is 0 Å². The normalized spacial score (nSPS) is 11.8. The second-order valence-corrected chi connectivity index (χ2v) is 6.49. The average Bonchev–Trinajstić information content (AvgIpc) is 2.67. The van der Waals surface area contributed by atoms with E-state index in [-0.39, 0.29) is 22.5 Å². The number of furan rings is 1. The second-order valence-electron chi connectivity index (χ2n) is 3.96. The quantitative estimate of drug-likeness (QED) is 0.846. The first-order chi connectivity index (χ1) is 8.29. The Balaban J connectivity index is 2.95. The minimum atomic E-state index is -3.89. The van der Waals surface area contributed by atoms with Gasteiger partial charge in [0.25, 0.3) is 15.0 Å². The van der Waals surface area contributed by atoms with Crippen LogP contribution >= 0.6 is 10.7 Å². The van der Waals surface area contributed by atoms with E-state index in [0.29, 0.717) is 0 Å². The molecule has 1 aromatic rings. The van der Waals surface area contributed by atoms with Crippen molar-refractivity contribution in [2.45, 2.75) is 44.6 Å². The molecule has 102 valence electrons. The highest BCUT2D eigenvalue weighted by atomic mass is 35.7. The topological polar surface area (TPSA) is 76.4 Å². The summed E-state index contributed by atoms with van der Waals surface area (Å²) in [4.78, 5) is 11.7. The lowest BCUT2D eigenvalue weighted by molar-refractivity contribution is 0.0905. The smallest absolute Gasteiger partial charge is 0.287 e. The van der Waals surface area contributed by atoms with Gasteiger partial charge in [0.1, 0.15) is 10.7 Å². The van der Waals surface area contributed by atoms with Gasteiger partial charge in [-0.2, -0.15) is 0 Å². The molecule has 0 aliphatic carbocycles. The van der Waals surface area contributed by atoms with Crippen LogP contribution in [0.15, 0.2) is 15.4 Å². The molecule has 5 nitrogen and oxygen atoms in total. The lowest BCUT2D eigenvalue weighted by atomic mass is 10.2. The Kier molecular flexibility index (Phi) is 4.81. The third-order valence-electron chi connectivity index (χ3n) is 2.68. The summed E-state index contributed by atoms with van der Waals surface area (Å²) < 4.78 is 27.5. The van der Waals surface area contributed by atoms with Crippen molar-refractivity contribution < 1.29 is 17.6 Å². The Morgan fingerprint density at radius 1 is 1.44 bits per heavy atom. The molecule has 0 aliphatic heterocycles. The molecule has 0 saturated carbocycles. The molecule has 0 saturated heterocycles. The summed E-state index contributed by atoms with van der Waals surface area (Å²) in [5.41, 5.74) is 0. The molecule has 1 N–H and O–H groups in total. The molecule has 0 fully saturated rings. The molecule has 7 heteroatoms. The second kappa shape index (κ2) is 5.75. The highest BCUT2D eigenvalue weighted by Gasteiger charge is 2.22. The van der Waals surface area contributed by atoms with E-state index in [1.807, 2.05) is 13.8 Å². The Morgan fingerprint density at radius 2 is 2.00 bits per heavy atom. The Bertz CT molecular complexity index is 531. The summed E-state index contributed by atoms with van der Waals surface area (Å²) in [6.07, 6.45) is 1.59. The molecular weight excluding hydrogens is 278 g/mol. The molecule has 0 spiro atoms. The zero-order chi connectivity index (χ0) is 13.9. The van der Waals surface area contributed by atoms with Crippen molar-refractivity contribution in [1.29, 1.82) is 0 Å². The SMILES string of the molecule is CCC(CC)NC(=O)c1cc(S(=O)(=O)Cl)c(C)o1. The van der Waals surface area contributed by atoms with Crippen molar-refractivity contribution in [3.63, 3.8) is 0 Å². The van der Waals surface area contributed by atoms with Crippen molar-refractivity contribution in [2.24, 2.45) is 0 Å². The van der Waals surface area contributed by atoms with Crippen molar-refractivity contribution in [2.75, 3.05) is 0 Å². The molecule has 1 rings (SSSR count). The summed E-state index contributed by atoms with van der Waals surface area (Å²) >= 11 is 0. The molecule has 0 atom stereocenters. The lowest BCUT2D eigenvalue weighted by Crippen LogP contribution is -2.33. The number of aryl methyl sites for hydroxylation is 1. The maximum Gasteiger partial charge on any atom is 0.287 e. The van der Waals surface area contributed by atoms with Crippen LogP contribution in [-0.4, -0.2) is 20.4 Å². The van der Waals surface area contributed by atoms with E-state index < -0.39 is 15.0 Å². The summed E-state index contributed by atoms with van der Waals surface area (Å²) in [7, 11) is 1.34. The zero-order valence-corrected chi connectivity index (χ0v) is 12.1. The molecule has 0 aromatic carbocycles. The van der Waals surface area contributed by atoms with Crippen LogP contribution in [0.4, 0.5) is 0 Å². The fraction of sp³-hybridized carbons (Fsp3) is 0.545. The average molecular weight is 294 g/mol. The Morgan fingerprint density at radius 3 is 2.39 bits per heavy atom. The van der Waals surface area contributed by atoms with Gasteiger partial charge in [0.05, 0.1) is 0 Å². The van der Waals surface area contributed by atoms with Gasteiger partial charge < -0.3 is 9.73 Å². The summed E-state index contributed by atoms with van der Waals surface area (Å²) in [6, 6.07) is 1.19. The maximum absolute atomic E-state index is 11.8. The van der Waals surface area contributed by atoms with Crippen molar-refractivity contribution in [3.8, 4) is 0 Å². The van der Waals surface area contributed by atoms with Crippen LogP contribution in [0.5, 0.6) is 0 Å². The van der Waals surface area contributed by atoms with E-state index in [9.17, 15) is 13.2 Å². The fourth-order valence-corrected chi connectivity index (χ4v) is 2.66. The van der Waals surface area contributed by atoms with Gasteiger partial charge in [-0.05, 0) is 19.8 Å². The monoisotopic (exact) mass is 293 g/mol. The first kappa shape index (κ1) is 15.0. The van der Waals surface area contributed by atoms with E-state index in [1.165, 1.54) is 6.92 Å². The molecule has 0 radical (unpaired) electrons. The molecule has 1 amide bonds. The number of amides is 1. The van der Waals surface area contributed by atoms with Gasteiger partial charge in [-0.1, -0.05) is 13.8 Å². The van der Waals surface area contributed by atoms with Crippen LogP contribution in [0, 0.1) is 6.92 Å². The van der Waals surface area contributed by atoms with Crippen LogP contribution in [0.1, 0.15) is 43.0 Å². The molecular formula is C11H16ClNO4S. The molecule has 0 unspecified atom stereocenters. The largest absolute Gasteiger partial charge is 0.455 e. The predicted octanol–water partition coefficient (Wildman–Crippen LogP) is 2.43. The molecule has 1 heterocycles. The number of rotatable bonds is 5. The predicted molar refractivity (Wildman–Crippen MR) is 68.3 cm³/mol. The number of carbonyl (C=O) groups excluding carboxylic acids is 1. The van der Waals surface area contributed by atoms with Gasteiger partial charge in [-0.3, -0.25) is 4.79 Å². The molecule has 1 aromatic heterocycles. The van der Waals surface area contributed by atoms with E-state index in [1.54, 1.807) is 0 Å². The minimum absolute atomic E-state index is 0.0407. The molecule has 0 aliphatic rings. The van der Waals surface area contributed by atoms with E-state index in [4.69, 9.17) is 15.1 Å². The van der Waals surface area contributed by atoms with Gasteiger partial charge >= 0.3 is 0 Å². The standard InChI is InChI=1S/C11H16ClNO4S/c1-4-8(5-2)13-11(14)9-6-10(7(3)17-9)18(12,15)16/h6,8H,4-5H2,1-3H3,(H,13,14). The van der Waals surface area contributed by atoms with Gasteiger partial charge in [-0.15, -0.1) is 0 Å². The highest BCUT2D eigenvalue weighted by molar-refractivity contribution is 8.13. The maximum atomic E-state index is 11.8. The summed E-state index contributed by atoms with van der Waals surface area (Å²) in [6.45, 7) is 5.36. The number of carbonyl (C=O) groups is 1. The first-order valence-corrected chi connectivity index (χ1v) is 7.96. The number of hydrogen-bond acceptors (Lipinski definition) is 4. The third kappa shape index (κ3) is 3.49. The molecule has 18 heavy (non-hydrogen) atoms. The molecule has 0 bridgehead atoms. The number of nitrogens with one attached hydrogen (secondary N) is 1. The van der Waals surface area contributed by atoms with Crippen molar-refractivity contribution in [3.05, 3.63) is 17.6 Å². The fourth-order valence-electron chi connectivity index (χ4n) is 1.57. The lowest BCUT2D eigenvalue weighted by Gasteiger charge is -2.13. The number of hydrogen-bond donors (Lipinski definition) is 1. The highest BCUT2D eigenvalue weighted by Crippen LogP contribution is 2.23. The summed E-state index contributed by atoms with van der Waals surface area (Å²) in [5.74, 6) is -0.364. The van der Waals surface area contributed by atoms with E-state index in [0.717, 1.165) is 18.9 Å². The third-order valence-corrected chi connectivity index (χ3v) is 4.11. The first-order valence-electron chi connectivity index (χ1n) is 5.65. The Hall–Kier alpha value is -1.01. The van der Waals surface area contributed by atoms with E-state index >= 15 is 0 Å². The summed E-state index contributed by atoms with van der Waals surface area (Å²) in [5, 5.41) is 2.75. The minimum Gasteiger partial charge on any atom is -0.455 e.